The summed E-state index contributed by atoms with van der Waals surface area (Å²) in [5, 5.41) is 11.5. The predicted molar refractivity (Wildman–Crippen MR) is 73.5 cm³/mol. The van der Waals surface area contributed by atoms with Crippen molar-refractivity contribution in [1.82, 2.24) is 10.0 Å². The molecule has 1 saturated carbocycles. The zero-order valence-electron chi connectivity index (χ0n) is 11.9. The molecule has 3 N–H and O–H groups in total. The molecule has 0 aromatic rings. The molecule has 8 heteroatoms. The van der Waals surface area contributed by atoms with Crippen molar-refractivity contribution in [2.75, 3.05) is 6.26 Å². The second-order valence-corrected chi connectivity index (χ2v) is 7.51. The van der Waals surface area contributed by atoms with E-state index in [-0.39, 0.29) is 11.8 Å². The lowest BCUT2D eigenvalue weighted by atomic mass is 10.0. The number of carboxylic acids is 1. The van der Waals surface area contributed by atoms with Gasteiger partial charge in [0.15, 0.2) is 0 Å². The molecule has 116 valence electrons. The average Bonchev–Trinajstić information content (AvgIpc) is 3.05. The summed E-state index contributed by atoms with van der Waals surface area (Å²) in [6, 6.07) is -1.87. The smallest absolute Gasteiger partial charge is 0.326 e. The third kappa shape index (κ3) is 5.87. The fraction of sp³-hybridized carbons (Fsp3) is 0.833. The summed E-state index contributed by atoms with van der Waals surface area (Å²) in [5.41, 5.74) is 0. The minimum absolute atomic E-state index is 0.0469. The van der Waals surface area contributed by atoms with Gasteiger partial charge < -0.3 is 10.4 Å². The highest BCUT2D eigenvalue weighted by Gasteiger charge is 2.38. The monoisotopic (exact) mass is 306 g/mol. The topological polar surface area (TPSA) is 113 Å². The van der Waals surface area contributed by atoms with E-state index in [0.29, 0.717) is 6.42 Å². The maximum atomic E-state index is 12.1. The Kier molecular flexibility index (Phi) is 5.52. The Morgan fingerprint density at radius 2 is 1.85 bits per heavy atom. The Labute approximate surface area is 119 Å². The van der Waals surface area contributed by atoms with Gasteiger partial charge >= 0.3 is 5.97 Å². The lowest BCUT2D eigenvalue weighted by Gasteiger charge is -2.21. The summed E-state index contributed by atoms with van der Waals surface area (Å²) >= 11 is 0. The van der Waals surface area contributed by atoms with E-state index >= 15 is 0 Å². The molecule has 0 saturated heterocycles. The molecular formula is C12H22N2O5S. The molecule has 0 radical (unpaired) electrons. The molecule has 20 heavy (non-hydrogen) atoms. The molecule has 0 bridgehead atoms. The zero-order chi connectivity index (χ0) is 15.5. The van der Waals surface area contributed by atoms with Crippen LogP contribution in [0.1, 0.15) is 33.1 Å². The summed E-state index contributed by atoms with van der Waals surface area (Å²) in [6.45, 7) is 3.72. The van der Waals surface area contributed by atoms with Gasteiger partial charge in [-0.25, -0.2) is 17.9 Å². The normalized spacial score (nSPS) is 18.6. The second kappa shape index (κ2) is 6.53. The van der Waals surface area contributed by atoms with E-state index in [1.807, 2.05) is 13.8 Å². The van der Waals surface area contributed by atoms with Gasteiger partial charge in [0, 0.05) is 0 Å². The number of aliphatic carboxylic acids is 1. The maximum absolute atomic E-state index is 12.1. The number of carbonyl (C=O) groups excluding carboxylic acids is 1. The van der Waals surface area contributed by atoms with Crippen LogP contribution in [0.4, 0.5) is 0 Å². The number of carboxylic acid groups (broad SMARTS) is 1. The van der Waals surface area contributed by atoms with Crippen molar-refractivity contribution in [3.63, 3.8) is 0 Å². The van der Waals surface area contributed by atoms with Gasteiger partial charge in [0.05, 0.1) is 6.26 Å². The van der Waals surface area contributed by atoms with Crippen LogP contribution < -0.4 is 10.0 Å². The van der Waals surface area contributed by atoms with Crippen LogP contribution in [0.15, 0.2) is 0 Å². The summed E-state index contributed by atoms with van der Waals surface area (Å²) in [4.78, 5) is 23.2. The Hall–Kier alpha value is -1.15. The number of hydrogen-bond donors (Lipinski definition) is 3. The van der Waals surface area contributed by atoms with Crippen LogP contribution in [0.25, 0.3) is 0 Å². The Morgan fingerprint density at radius 1 is 1.30 bits per heavy atom. The number of amides is 1. The SMILES string of the molecule is CC(C)CC(NS(C)(=O)=O)C(=O)NC(C(=O)O)C1CC1. The van der Waals surface area contributed by atoms with Crippen LogP contribution >= 0.6 is 0 Å². The molecule has 2 atom stereocenters. The first-order chi connectivity index (χ1) is 9.10. The highest BCUT2D eigenvalue weighted by atomic mass is 32.2. The summed E-state index contributed by atoms with van der Waals surface area (Å²) in [5.74, 6) is -1.61. The van der Waals surface area contributed by atoms with Crippen molar-refractivity contribution in [3.05, 3.63) is 0 Å². The first-order valence-electron chi connectivity index (χ1n) is 6.60. The molecule has 2 unspecified atom stereocenters. The molecule has 1 aliphatic carbocycles. The quantitative estimate of drug-likeness (QED) is 0.581. The Balaban J connectivity index is 2.73. The van der Waals surface area contributed by atoms with Crippen LogP contribution in [0.5, 0.6) is 0 Å². The number of nitrogens with one attached hydrogen (secondary N) is 2. The molecule has 1 aliphatic rings. The zero-order valence-corrected chi connectivity index (χ0v) is 12.7. The molecule has 1 fully saturated rings. The largest absolute Gasteiger partial charge is 0.480 e. The fourth-order valence-corrected chi connectivity index (χ4v) is 2.72. The van der Waals surface area contributed by atoms with Gasteiger partial charge in [-0.3, -0.25) is 4.79 Å². The molecule has 0 aliphatic heterocycles. The van der Waals surface area contributed by atoms with E-state index in [1.54, 1.807) is 0 Å². The fourth-order valence-electron chi connectivity index (χ4n) is 2.00. The van der Waals surface area contributed by atoms with Crippen molar-refractivity contribution in [2.24, 2.45) is 11.8 Å². The minimum Gasteiger partial charge on any atom is -0.480 e. The molecule has 0 aromatic carbocycles. The van der Waals surface area contributed by atoms with Gasteiger partial charge in [-0.05, 0) is 31.1 Å². The first kappa shape index (κ1) is 16.9. The van der Waals surface area contributed by atoms with E-state index in [4.69, 9.17) is 5.11 Å². The van der Waals surface area contributed by atoms with Gasteiger partial charge in [-0.2, -0.15) is 0 Å². The lowest BCUT2D eigenvalue weighted by Crippen LogP contribution is -2.52. The van der Waals surface area contributed by atoms with E-state index in [9.17, 15) is 18.0 Å². The number of hydrogen-bond acceptors (Lipinski definition) is 4. The van der Waals surface area contributed by atoms with Gasteiger partial charge in [-0.15, -0.1) is 0 Å². The van der Waals surface area contributed by atoms with Crippen LogP contribution in [0.2, 0.25) is 0 Å². The molecule has 0 heterocycles. The standard InChI is InChI=1S/C12H22N2O5S/c1-7(2)6-9(14-20(3,18)19)11(15)13-10(12(16)17)8-4-5-8/h7-10,14H,4-6H2,1-3H3,(H,13,15)(H,16,17). The Bertz CT molecular complexity index is 470. The van der Waals surface area contributed by atoms with E-state index in [0.717, 1.165) is 19.1 Å². The van der Waals surface area contributed by atoms with Crippen molar-refractivity contribution in [2.45, 2.75) is 45.2 Å². The minimum atomic E-state index is -3.53. The first-order valence-corrected chi connectivity index (χ1v) is 8.49. The van der Waals surface area contributed by atoms with Crippen molar-refractivity contribution in [3.8, 4) is 0 Å². The lowest BCUT2D eigenvalue weighted by molar-refractivity contribution is -0.142. The summed E-state index contributed by atoms with van der Waals surface area (Å²) in [7, 11) is -3.53. The van der Waals surface area contributed by atoms with Crippen LogP contribution in [-0.4, -0.2) is 43.7 Å². The van der Waals surface area contributed by atoms with Gasteiger partial charge in [0.25, 0.3) is 0 Å². The molecule has 1 rings (SSSR count). The predicted octanol–water partition coefficient (Wildman–Crippen LogP) is -0.0703. The van der Waals surface area contributed by atoms with Gasteiger partial charge in [0.2, 0.25) is 15.9 Å². The maximum Gasteiger partial charge on any atom is 0.326 e. The average molecular weight is 306 g/mol. The Morgan fingerprint density at radius 3 is 2.20 bits per heavy atom. The molecule has 0 spiro atoms. The third-order valence-corrected chi connectivity index (χ3v) is 3.75. The van der Waals surface area contributed by atoms with E-state index < -0.39 is 34.0 Å². The third-order valence-electron chi connectivity index (χ3n) is 3.04. The second-order valence-electron chi connectivity index (χ2n) is 5.73. The van der Waals surface area contributed by atoms with Crippen LogP contribution in [-0.2, 0) is 19.6 Å². The molecular weight excluding hydrogens is 284 g/mol. The highest BCUT2D eigenvalue weighted by molar-refractivity contribution is 7.88. The summed E-state index contributed by atoms with van der Waals surface area (Å²) < 4.78 is 24.8. The van der Waals surface area contributed by atoms with Crippen LogP contribution in [0.3, 0.4) is 0 Å². The molecule has 1 amide bonds. The van der Waals surface area contributed by atoms with Gasteiger partial charge in [0.1, 0.15) is 12.1 Å². The van der Waals surface area contributed by atoms with Crippen LogP contribution in [0, 0.1) is 11.8 Å². The van der Waals surface area contributed by atoms with Crippen molar-refractivity contribution >= 4 is 21.9 Å². The molecule has 0 aromatic heterocycles. The van der Waals surface area contributed by atoms with E-state index in [1.165, 1.54) is 0 Å². The van der Waals surface area contributed by atoms with E-state index in [2.05, 4.69) is 10.0 Å². The highest BCUT2D eigenvalue weighted by Crippen LogP contribution is 2.32. The number of carbonyl (C=O) groups is 2. The summed E-state index contributed by atoms with van der Waals surface area (Å²) in [6.07, 6.45) is 2.83. The van der Waals surface area contributed by atoms with Crippen molar-refractivity contribution < 1.29 is 23.1 Å². The number of sulfonamides is 1. The molecule has 7 nitrogen and oxygen atoms in total. The van der Waals surface area contributed by atoms with Gasteiger partial charge in [-0.1, -0.05) is 13.8 Å². The number of rotatable bonds is 8. The van der Waals surface area contributed by atoms with Crippen molar-refractivity contribution in [1.29, 1.82) is 0 Å².